The zero-order valence-corrected chi connectivity index (χ0v) is 11.6. The first-order valence-corrected chi connectivity index (χ1v) is 5.48. The van der Waals surface area contributed by atoms with E-state index in [0.717, 1.165) is 0 Å². The van der Waals surface area contributed by atoms with E-state index in [1.807, 2.05) is 0 Å². The normalized spacial score (nSPS) is 21.4. The molecule has 18 heavy (non-hydrogen) atoms. The summed E-state index contributed by atoms with van der Waals surface area (Å²) >= 11 is 1.47. The Morgan fingerprint density at radius 3 is 2.78 bits per heavy atom. The molecule has 0 aliphatic carbocycles. The molecule has 5 N–H and O–H groups in total. The van der Waals surface area contributed by atoms with Gasteiger partial charge in [0.2, 0.25) is 0 Å². The number of nitrogen functional groups attached to an aromatic ring is 1. The van der Waals surface area contributed by atoms with Gasteiger partial charge in [-0.15, -0.1) is 36.6 Å². The number of aliphatic hydroxyl groups is 1. The maximum Gasteiger partial charge on any atom is 0.351 e. The molecule has 0 unspecified atom stereocenters. The quantitative estimate of drug-likeness (QED) is 0.752. The van der Waals surface area contributed by atoms with Crippen molar-refractivity contribution in [2.75, 3.05) is 18.1 Å². The Bertz CT molecular complexity index is 420. The van der Waals surface area contributed by atoms with E-state index in [9.17, 15) is 4.79 Å². The lowest BCUT2D eigenvalue weighted by Crippen LogP contribution is -2.28. The van der Waals surface area contributed by atoms with Crippen molar-refractivity contribution in [3.05, 3.63) is 22.7 Å². The highest BCUT2D eigenvalue weighted by Crippen LogP contribution is 2.30. The van der Waals surface area contributed by atoms with Gasteiger partial charge in [0.25, 0.3) is 0 Å². The molecule has 1 fully saturated rings. The highest BCUT2D eigenvalue weighted by atomic mass is 35.5. The average molecular weight is 320 g/mol. The molecule has 1 aliphatic rings. The van der Waals surface area contributed by atoms with Crippen molar-refractivity contribution in [2.24, 2.45) is 0 Å². The zero-order chi connectivity index (χ0) is 10.8. The highest BCUT2D eigenvalue weighted by molar-refractivity contribution is 8.00. The Labute approximate surface area is 120 Å². The zero-order valence-electron chi connectivity index (χ0n) is 9.18. The fourth-order valence-corrected chi connectivity index (χ4v) is 2.26. The largest absolute Gasteiger partial charge is 0.412 e. The summed E-state index contributed by atoms with van der Waals surface area (Å²) in [7, 11) is 0. The number of hydrogen-bond acceptors (Lipinski definition) is 6. The molecule has 0 spiro atoms. The first kappa shape index (κ1) is 19.8. The van der Waals surface area contributed by atoms with Crippen LogP contribution in [0.3, 0.4) is 0 Å². The van der Waals surface area contributed by atoms with Gasteiger partial charge in [-0.1, -0.05) is 0 Å². The fourth-order valence-electron chi connectivity index (χ4n) is 1.33. The van der Waals surface area contributed by atoms with Gasteiger partial charge in [-0.25, -0.2) is 4.79 Å². The molecular weight excluding hydrogens is 305 g/mol. The number of hydrogen-bond donors (Lipinski definition) is 2. The Hall–Kier alpha value is -0.510. The summed E-state index contributed by atoms with van der Waals surface area (Å²) in [5.41, 5.74) is 4.67. The molecule has 0 aromatic carbocycles. The number of thioether (sulfide) groups is 1. The van der Waals surface area contributed by atoms with Gasteiger partial charge >= 0.3 is 5.69 Å². The fraction of sp³-hybridized carbons (Fsp3) is 0.500. The smallest absolute Gasteiger partial charge is 0.351 e. The maximum atomic E-state index is 11.4. The van der Waals surface area contributed by atoms with Crippen LogP contribution in [0.25, 0.3) is 0 Å². The third-order valence-corrected chi connectivity index (χ3v) is 3.15. The van der Waals surface area contributed by atoms with Crippen LogP contribution in [0.1, 0.15) is 6.23 Å². The molecule has 1 aromatic rings. The Kier molecular flexibility index (Phi) is 9.43. The molecule has 0 bridgehead atoms. The van der Waals surface area contributed by atoms with Crippen LogP contribution in [0, 0.1) is 0 Å². The van der Waals surface area contributed by atoms with Crippen LogP contribution >= 0.6 is 36.6 Å². The third-order valence-electron chi connectivity index (χ3n) is 2.04. The van der Waals surface area contributed by atoms with E-state index in [2.05, 4.69) is 4.98 Å². The molecule has 2 rings (SSSR count). The van der Waals surface area contributed by atoms with Gasteiger partial charge in [0.1, 0.15) is 17.5 Å². The van der Waals surface area contributed by atoms with Gasteiger partial charge < -0.3 is 21.1 Å². The maximum absolute atomic E-state index is 11.4. The van der Waals surface area contributed by atoms with E-state index in [1.165, 1.54) is 16.3 Å². The molecule has 0 radical (unpaired) electrons. The average Bonchev–Trinajstić information content (AvgIpc) is 2.66. The monoisotopic (exact) mass is 319 g/mol. The van der Waals surface area contributed by atoms with Crippen molar-refractivity contribution in [3.63, 3.8) is 0 Å². The van der Waals surface area contributed by atoms with Gasteiger partial charge in [0, 0.05) is 11.9 Å². The van der Waals surface area contributed by atoms with Crippen LogP contribution in [0.4, 0.5) is 5.82 Å². The molecular formula is C8H15Cl2N3O4S. The standard InChI is InChI=1S/C8H11N3O3S.2ClH.H2O/c9-5-1-2-11(8(13)10-5)6-4-15-7(3-12)14-6;;;/h1-2,6-7,12H,3-4H2,(H2,9,10,13);2*1H;1H2/t6-,7+;;;/m0.../s1. The molecule has 0 amide bonds. The molecule has 1 saturated heterocycles. The minimum atomic E-state index is -0.431. The van der Waals surface area contributed by atoms with Gasteiger partial charge in [0.05, 0.1) is 6.61 Å². The summed E-state index contributed by atoms with van der Waals surface area (Å²) in [6.07, 6.45) is 1.18. The number of rotatable bonds is 2. The lowest BCUT2D eigenvalue weighted by molar-refractivity contribution is -0.00629. The highest BCUT2D eigenvalue weighted by Gasteiger charge is 2.27. The first-order valence-electron chi connectivity index (χ1n) is 4.43. The van der Waals surface area contributed by atoms with Crippen LogP contribution in [0.15, 0.2) is 17.1 Å². The van der Waals surface area contributed by atoms with Crippen molar-refractivity contribution >= 4 is 42.4 Å². The number of ether oxygens (including phenoxy) is 1. The Morgan fingerprint density at radius 2 is 2.28 bits per heavy atom. The summed E-state index contributed by atoms with van der Waals surface area (Å²) in [6, 6.07) is 1.54. The van der Waals surface area contributed by atoms with Crippen LogP contribution in [0.5, 0.6) is 0 Å². The predicted octanol–water partition coefficient (Wildman–Crippen LogP) is -0.575. The Morgan fingerprint density at radius 1 is 1.61 bits per heavy atom. The van der Waals surface area contributed by atoms with Crippen molar-refractivity contribution in [3.8, 4) is 0 Å². The van der Waals surface area contributed by atoms with E-state index >= 15 is 0 Å². The second kappa shape index (κ2) is 8.57. The summed E-state index contributed by atoms with van der Waals surface area (Å²) in [5.74, 6) is 0.817. The molecule has 10 heteroatoms. The minimum Gasteiger partial charge on any atom is -0.412 e. The SMILES string of the molecule is Cl.Cl.Nc1ccn([C@@H]2CS[C@H](CO)O2)c(=O)n1.O. The minimum absolute atomic E-state index is 0. The lowest BCUT2D eigenvalue weighted by Gasteiger charge is -2.13. The van der Waals surface area contributed by atoms with Gasteiger partial charge in [-0.05, 0) is 6.07 Å². The van der Waals surface area contributed by atoms with Crippen LogP contribution < -0.4 is 11.4 Å². The van der Waals surface area contributed by atoms with Crippen molar-refractivity contribution < 1.29 is 15.3 Å². The number of anilines is 1. The van der Waals surface area contributed by atoms with Gasteiger partial charge in [-0.2, -0.15) is 4.98 Å². The van der Waals surface area contributed by atoms with E-state index < -0.39 is 5.69 Å². The number of nitrogens with two attached hydrogens (primary N) is 1. The summed E-state index contributed by atoms with van der Waals surface area (Å²) in [4.78, 5) is 15.0. The van der Waals surface area contributed by atoms with E-state index in [1.54, 1.807) is 12.3 Å². The summed E-state index contributed by atoms with van der Waals surface area (Å²) < 4.78 is 6.79. The first-order chi connectivity index (χ1) is 7.20. The summed E-state index contributed by atoms with van der Waals surface area (Å²) in [6.45, 7) is -0.0572. The molecule has 2 heterocycles. The molecule has 1 aromatic heterocycles. The van der Waals surface area contributed by atoms with Gasteiger partial charge in [-0.3, -0.25) is 4.57 Å². The van der Waals surface area contributed by atoms with Crippen LogP contribution in [-0.2, 0) is 4.74 Å². The number of halogens is 2. The van der Waals surface area contributed by atoms with E-state index in [-0.39, 0.29) is 54.4 Å². The third kappa shape index (κ3) is 4.30. The second-order valence-electron chi connectivity index (χ2n) is 3.08. The molecule has 1 aliphatic heterocycles. The number of nitrogens with zero attached hydrogens (tertiary/aromatic N) is 2. The molecule has 0 saturated carbocycles. The van der Waals surface area contributed by atoms with Crippen molar-refractivity contribution in [2.45, 2.75) is 11.7 Å². The van der Waals surface area contributed by atoms with Crippen LogP contribution in [0.2, 0.25) is 0 Å². The van der Waals surface area contributed by atoms with E-state index in [4.69, 9.17) is 15.6 Å². The summed E-state index contributed by atoms with van der Waals surface area (Å²) in [5, 5.41) is 8.88. The Balaban J connectivity index is 0. The number of aliphatic hydroxyl groups excluding tert-OH is 1. The predicted molar refractivity (Wildman–Crippen MR) is 74.5 cm³/mol. The van der Waals surface area contributed by atoms with Crippen molar-refractivity contribution in [1.29, 1.82) is 0 Å². The molecule has 2 atom stereocenters. The van der Waals surface area contributed by atoms with E-state index in [0.29, 0.717) is 5.75 Å². The van der Waals surface area contributed by atoms with Crippen molar-refractivity contribution in [1.82, 2.24) is 9.55 Å². The second-order valence-corrected chi connectivity index (χ2v) is 4.27. The number of aromatic nitrogens is 2. The topological polar surface area (TPSA) is 122 Å². The van der Waals surface area contributed by atoms with Crippen LogP contribution in [-0.4, -0.2) is 37.9 Å². The van der Waals surface area contributed by atoms with Gasteiger partial charge in [0.15, 0.2) is 0 Å². The lowest BCUT2D eigenvalue weighted by atomic mass is 10.5. The molecule has 7 nitrogen and oxygen atoms in total. The molecule has 106 valence electrons.